The molecule has 6 nitrogen and oxygen atoms in total. The monoisotopic (exact) mass is 349 g/mol. The molecule has 1 fully saturated rings. The van der Waals surface area contributed by atoms with Crippen molar-refractivity contribution in [1.82, 2.24) is 15.1 Å². The summed E-state index contributed by atoms with van der Waals surface area (Å²) in [5.41, 5.74) is 1.08. The molecular formula is C17H23N3O3S. The molecule has 3 heterocycles. The van der Waals surface area contributed by atoms with Crippen LogP contribution >= 0.6 is 11.3 Å². The van der Waals surface area contributed by atoms with E-state index in [0.29, 0.717) is 24.5 Å². The van der Waals surface area contributed by atoms with Crippen LogP contribution in [0.25, 0.3) is 0 Å². The minimum Gasteiger partial charge on any atom is -0.354 e. The third kappa shape index (κ3) is 3.31. The van der Waals surface area contributed by atoms with E-state index in [1.165, 1.54) is 16.2 Å². The van der Waals surface area contributed by atoms with Crippen molar-refractivity contribution >= 4 is 29.1 Å². The summed E-state index contributed by atoms with van der Waals surface area (Å²) < 4.78 is 0. The summed E-state index contributed by atoms with van der Waals surface area (Å²) in [5.74, 6) is 0.0127. The van der Waals surface area contributed by atoms with E-state index >= 15 is 0 Å². The molecule has 24 heavy (non-hydrogen) atoms. The lowest BCUT2D eigenvalue weighted by Crippen LogP contribution is -2.47. The summed E-state index contributed by atoms with van der Waals surface area (Å²) in [5, 5.41) is 2.65. The highest BCUT2D eigenvalue weighted by molar-refractivity contribution is 7.14. The molecule has 1 N–H and O–H groups in total. The number of rotatable bonds is 2. The number of amides is 3. The zero-order valence-electron chi connectivity index (χ0n) is 14.1. The number of piperidine rings is 1. The van der Waals surface area contributed by atoms with E-state index in [0.717, 1.165) is 31.4 Å². The van der Waals surface area contributed by atoms with Crippen LogP contribution in [0.4, 0.5) is 0 Å². The first-order valence-electron chi connectivity index (χ1n) is 8.37. The second-order valence-electron chi connectivity index (χ2n) is 6.45. The standard InChI is InChI=1S/C17H23N3O3S/c1-11(21)19-6-3-4-12(9-19)17(23)20-7-5-14-13(10-20)8-15(24-14)16(22)18-2/h8,12H,3-7,9-10H2,1-2H3,(H,18,22). The van der Waals surface area contributed by atoms with Crippen molar-refractivity contribution < 1.29 is 14.4 Å². The number of likely N-dealkylation sites (tertiary alicyclic amines) is 1. The van der Waals surface area contributed by atoms with Gasteiger partial charge in [-0.2, -0.15) is 0 Å². The fourth-order valence-electron chi connectivity index (χ4n) is 3.48. The molecule has 1 atom stereocenters. The van der Waals surface area contributed by atoms with Gasteiger partial charge in [-0.15, -0.1) is 11.3 Å². The Morgan fingerprint density at radius 2 is 2.04 bits per heavy atom. The van der Waals surface area contributed by atoms with Crippen molar-refractivity contribution in [2.45, 2.75) is 32.7 Å². The average molecular weight is 349 g/mol. The first-order chi connectivity index (χ1) is 11.5. The van der Waals surface area contributed by atoms with Crippen molar-refractivity contribution in [2.24, 2.45) is 5.92 Å². The molecule has 0 aliphatic carbocycles. The van der Waals surface area contributed by atoms with Crippen LogP contribution in [0.5, 0.6) is 0 Å². The van der Waals surface area contributed by atoms with Gasteiger partial charge in [0.15, 0.2) is 0 Å². The smallest absolute Gasteiger partial charge is 0.261 e. The predicted molar refractivity (Wildman–Crippen MR) is 91.8 cm³/mol. The number of carbonyl (C=O) groups is 3. The van der Waals surface area contributed by atoms with E-state index in [9.17, 15) is 14.4 Å². The van der Waals surface area contributed by atoms with Gasteiger partial charge in [0.1, 0.15) is 0 Å². The topological polar surface area (TPSA) is 69.7 Å². The highest BCUT2D eigenvalue weighted by Gasteiger charge is 2.32. The van der Waals surface area contributed by atoms with Crippen LogP contribution in [0.2, 0.25) is 0 Å². The molecule has 7 heteroatoms. The lowest BCUT2D eigenvalue weighted by Gasteiger charge is -2.35. The third-order valence-corrected chi connectivity index (χ3v) is 6.08. The molecule has 3 rings (SSSR count). The molecule has 0 saturated carbocycles. The van der Waals surface area contributed by atoms with Gasteiger partial charge in [0, 0.05) is 45.0 Å². The van der Waals surface area contributed by atoms with Gasteiger partial charge >= 0.3 is 0 Å². The normalized spacial score (nSPS) is 20.5. The molecule has 130 valence electrons. The van der Waals surface area contributed by atoms with Gasteiger partial charge in [-0.1, -0.05) is 0 Å². The van der Waals surface area contributed by atoms with E-state index in [4.69, 9.17) is 0 Å². The zero-order chi connectivity index (χ0) is 17.3. The molecule has 0 radical (unpaired) electrons. The first kappa shape index (κ1) is 17.0. The molecule has 0 spiro atoms. The highest BCUT2D eigenvalue weighted by Crippen LogP contribution is 2.30. The molecular weight excluding hydrogens is 326 g/mol. The van der Waals surface area contributed by atoms with E-state index in [-0.39, 0.29) is 23.6 Å². The largest absolute Gasteiger partial charge is 0.354 e. The van der Waals surface area contributed by atoms with Gasteiger partial charge in [-0.25, -0.2) is 0 Å². The van der Waals surface area contributed by atoms with Gasteiger partial charge in [0.2, 0.25) is 11.8 Å². The number of fused-ring (bicyclic) bond motifs is 1. The highest BCUT2D eigenvalue weighted by atomic mass is 32.1. The first-order valence-corrected chi connectivity index (χ1v) is 9.19. The van der Waals surface area contributed by atoms with Crippen molar-refractivity contribution in [3.63, 3.8) is 0 Å². The molecule has 3 amide bonds. The molecule has 1 aromatic rings. The van der Waals surface area contributed by atoms with E-state index in [2.05, 4.69) is 5.32 Å². The maximum Gasteiger partial charge on any atom is 0.261 e. The second-order valence-corrected chi connectivity index (χ2v) is 7.59. The number of carbonyl (C=O) groups excluding carboxylic acids is 3. The van der Waals surface area contributed by atoms with Crippen molar-refractivity contribution in [1.29, 1.82) is 0 Å². The van der Waals surface area contributed by atoms with Gasteiger partial charge < -0.3 is 15.1 Å². The van der Waals surface area contributed by atoms with Crippen molar-refractivity contribution in [3.05, 3.63) is 21.4 Å². The quantitative estimate of drug-likeness (QED) is 0.874. The number of hydrogen-bond acceptors (Lipinski definition) is 4. The van der Waals surface area contributed by atoms with Crippen LogP contribution in [-0.2, 0) is 22.6 Å². The number of hydrogen-bond donors (Lipinski definition) is 1. The molecule has 1 aromatic heterocycles. The Kier molecular flexibility index (Phi) is 4.89. The Morgan fingerprint density at radius 1 is 1.25 bits per heavy atom. The third-order valence-electron chi connectivity index (χ3n) is 4.85. The molecule has 0 bridgehead atoms. The van der Waals surface area contributed by atoms with Crippen molar-refractivity contribution in [3.8, 4) is 0 Å². The van der Waals surface area contributed by atoms with Gasteiger partial charge in [-0.05, 0) is 30.9 Å². The molecule has 2 aliphatic rings. The lowest BCUT2D eigenvalue weighted by atomic mass is 9.95. The Hall–Kier alpha value is -1.89. The number of nitrogens with one attached hydrogen (secondary N) is 1. The summed E-state index contributed by atoms with van der Waals surface area (Å²) in [7, 11) is 1.63. The van der Waals surface area contributed by atoms with E-state index in [1.54, 1.807) is 18.9 Å². The van der Waals surface area contributed by atoms with Crippen LogP contribution < -0.4 is 5.32 Å². The Morgan fingerprint density at radius 3 is 2.75 bits per heavy atom. The van der Waals surface area contributed by atoms with Crippen LogP contribution in [-0.4, -0.2) is 54.2 Å². The van der Waals surface area contributed by atoms with Crippen LogP contribution in [0.3, 0.4) is 0 Å². The van der Waals surface area contributed by atoms with E-state index in [1.807, 2.05) is 11.0 Å². The fraction of sp³-hybridized carbons (Fsp3) is 0.588. The number of nitrogens with zero attached hydrogens (tertiary/aromatic N) is 2. The molecule has 0 aromatic carbocycles. The lowest BCUT2D eigenvalue weighted by molar-refractivity contribution is -0.140. The van der Waals surface area contributed by atoms with Crippen LogP contribution in [0.1, 0.15) is 39.9 Å². The summed E-state index contributed by atoms with van der Waals surface area (Å²) in [6.07, 6.45) is 2.53. The Labute approximate surface area is 145 Å². The maximum absolute atomic E-state index is 12.8. The fourth-order valence-corrected chi connectivity index (χ4v) is 4.59. The summed E-state index contributed by atoms with van der Waals surface area (Å²) >= 11 is 1.52. The average Bonchev–Trinajstić information content (AvgIpc) is 3.03. The van der Waals surface area contributed by atoms with Crippen LogP contribution in [0.15, 0.2) is 6.07 Å². The van der Waals surface area contributed by atoms with E-state index < -0.39 is 0 Å². The minimum atomic E-state index is -0.0961. The molecule has 1 saturated heterocycles. The van der Waals surface area contributed by atoms with Gasteiger partial charge in [0.25, 0.3) is 5.91 Å². The Balaban J connectivity index is 1.68. The predicted octanol–water partition coefficient (Wildman–Crippen LogP) is 1.25. The maximum atomic E-state index is 12.8. The molecule has 1 unspecified atom stereocenters. The number of thiophene rings is 1. The second kappa shape index (κ2) is 6.93. The minimum absolute atomic E-state index is 0.0430. The summed E-state index contributed by atoms with van der Waals surface area (Å²) in [6.45, 7) is 4.11. The summed E-state index contributed by atoms with van der Waals surface area (Å²) in [4.78, 5) is 41.7. The molecule has 2 aliphatic heterocycles. The van der Waals surface area contributed by atoms with Crippen LogP contribution in [0, 0.1) is 5.92 Å². The Bertz CT molecular complexity index is 670. The summed E-state index contributed by atoms with van der Waals surface area (Å²) in [6, 6.07) is 1.90. The van der Waals surface area contributed by atoms with Gasteiger partial charge in [0.05, 0.1) is 10.8 Å². The van der Waals surface area contributed by atoms with Gasteiger partial charge in [-0.3, -0.25) is 14.4 Å². The van der Waals surface area contributed by atoms with Crippen molar-refractivity contribution in [2.75, 3.05) is 26.7 Å². The zero-order valence-corrected chi connectivity index (χ0v) is 14.9. The SMILES string of the molecule is CNC(=O)c1cc2c(s1)CCN(C(=O)C1CCCN(C(C)=O)C1)C2.